The first-order valence-corrected chi connectivity index (χ1v) is 14.3. The highest BCUT2D eigenvalue weighted by molar-refractivity contribution is 7.89. The van der Waals surface area contributed by atoms with Gasteiger partial charge in [0.05, 0.1) is 25.0 Å². The smallest absolute Gasteiger partial charge is 0.247 e. The number of piperazine rings is 1. The molecule has 2 aliphatic heterocycles. The van der Waals surface area contributed by atoms with Gasteiger partial charge in [-0.05, 0) is 42.9 Å². The van der Waals surface area contributed by atoms with Gasteiger partial charge in [-0.25, -0.2) is 17.5 Å². The Morgan fingerprint density at radius 3 is 2.49 bits per heavy atom. The van der Waals surface area contributed by atoms with E-state index in [0.29, 0.717) is 23.7 Å². The van der Waals surface area contributed by atoms with Crippen LogP contribution in [-0.4, -0.2) is 65.8 Å². The summed E-state index contributed by atoms with van der Waals surface area (Å²) in [6, 6.07) is 19.0. The highest BCUT2D eigenvalue weighted by Crippen LogP contribution is 2.39. The Hall–Kier alpha value is -3.80. The van der Waals surface area contributed by atoms with Crippen molar-refractivity contribution in [2.75, 3.05) is 38.1 Å². The van der Waals surface area contributed by atoms with Crippen molar-refractivity contribution in [3.05, 3.63) is 95.6 Å². The van der Waals surface area contributed by atoms with Gasteiger partial charge in [-0.2, -0.15) is 4.31 Å². The van der Waals surface area contributed by atoms with Crippen LogP contribution >= 0.6 is 0 Å². The Balaban J connectivity index is 1.31. The molecule has 3 aromatic carbocycles. The number of fused-ring (bicyclic) bond motifs is 2. The van der Waals surface area contributed by atoms with Crippen molar-refractivity contribution in [2.24, 2.45) is 0 Å². The minimum absolute atomic E-state index is 0.0414. The molecule has 39 heavy (non-hydrogen) atoms. The van der Waals surface area contributed by atoms with Gasteiger partial charge >= 0.3 is 0 Å². The van der Waals surface area contributed by atoms with Crippen LogP contribution < -0.4 is 9.64 Å². The Labute approximate surface area is 227 Å². The van der Waals surface area contributed by atoms with Gasteiger partial charge in [0.15, 0.2) is 0 Å². The largest absolute Gasteiger partial charge is 0.456 e. The quantitative estimate of drug-likeness (QED) is 0.376. The van der Waals surface area contributed by atoms with Crippen molar-refractivity contribution in [2.45, 2.75) is 24.5 Å². The fourth-order valence-corrected chi connectivity index (χ4v) is 6.39. The van der Waals surface area contributed by atoms with E-state index in [2.05, 4.69) is 27.2 Å². The topological polar surface area (TPSA) is 83.8 Å². The minimum atomic E-state index is -3.93. The van der Waals surface area contributed by atoms with Crippen LogP contribution in [-0.2, 0) is 29.7 Å². The Bertz CT molecular complexity index is 1580. The van der Waals surface area contributed by atoms with Gasteiger partial charge in [0.25, 0.3) is 0 Å². The predicted molar refractivity (Wildman–Crippen MR) is 145 cm³/mol. The van der Waals surface area contributed by atoms with E-state index in [-0.39, 0.29) is 23.8 Å². The van der Waals surface area contributed by atoms with Crippen molar-refractivity contribution >= 4 is 15.7 Å². The fourth-order valence-electron chi connectivity index (χ4n) is 4.90. The molecule has 202 valence electrons. The second-order valence-electron chi connectivity index (χ2n) is 9.94. The third kappa shape index (κ3) is 5.38. The number of benzene rings is 3. The predicted octanol–water partition coefficient (Wildman–Crippen LogP) is 3.71. The highest BCUT2D eigenvalue weighted by Gasteiger charge is 2.33. The van der Waals surface area contributed by atoms with Crippen LogP contribution in [0.3, 0.4) is 0 Å². The lowest BCUT2D eigenvalue weighted by molar-refractivity contribution is 0.312. The van der Waals surface area contributed by atoms with Crippen LogP contribution in [0.15, 0.2) is 77.8 Å². The Morgan fingerprint density at radius 2 is 1.69 bits per heavy atom. The molecule has 2 aliphatic rings. The molecule has 0 amide bonds. The van der Waals surface area contributed by atoms with Gasteiger partial charge in [-0.15, -0.1) is 5.10 Å². The van der Waals surface area contributed by atoms with E-state index >= 15 is 0 Å². The zero-order chi connectivity index (χ0) is 27.0. The number of para-hydroxylation sites is 1. The summed E-state index contributed by atoms with van der Waals surface area (Å²) in [5.74, 6) is 0.623. The molecule has 0 aliphatic carbocycles. The number of anilines is 1. The summed E-state index contributed by atoms with van der Waals surface area (Å²) in [6.07, 6.45) is 1.72. The number of hydrogen-bond donors (Lipinski definition) is 0. The molecule has 4 aromatic rings. The average molecular weight is 549 g/mol. The maximum atomic E-state index is 14.0. The third-order valence-electron chi connectivity index (χ3n) is 7.14. The molecule has 0 saturated carbocycles. The fraction of sp³-hybridized carbons (Fsp3) is 0.286. The zero-order valence-electron chi connectivity index (χ0n) is 21.6. The molecule has 11 heteroatoms. The number of nitrogens with zero attached hydrogens (tertiary/aromatic N) is 6. The SMILES string of the molecule is CN1CCN(c2ccc3c(c2)Oc2ccccc2CN(Cc2cn(Cc4ccc(F)cc4)nn2)S3(=O)=O)CC1. The van der Waals surface area contributed by atoms with E-state index in [1.54, 1.807) is 29.1 Å². The summed E-state index contributed by atoms with van der Waals surface area (Å²) < 4.78 is 50.5. The summed E-state index contributed by atoms with van der Waals surface area (Å²) in [5.41, 5.74) is 3.07. The average Bonchev–Trinajstić information content (AvgIpc) is 3.37. The van der Waals surface area contributed by atoms with Gasteiger partial charge in [0.2, 0.25) is 10.0 Å². The first-order valence-electron chi connectivity index (χ1n) is 12.8. The summed E-state index contributed by atoms with van der Waals surface area (Å²) in [7, 11) is -1.83. The zero-order valence-corrected chi connectivity index (χ0v) is 22.4. The van der Waals surface area contributed by atoms with E-state index in [1.165, 1.54) is 16.4 Å². The number of halogens is 1. The number of hydrogen-bond acceptors (Lipinski definition) is 7. The lowest BCUT2D eigenvalue weighted by Gasteiger charge is -2.34. The maximum absolute atomic E-state index is 14.0. The lowest BCUT2D eigenvalue weighted by atomic mass is 10.2. The van der Waals surface area contributed by atoms with Gasteiger partial charge in [0.1, 0.15) is 22.2 Å². The molecule has 0 unspecified atom stereocenters. The number of likely N-dealkylation sites (N-methyl/N-ethyl adjacent to an activating group) is 1. The molecule has 0 radical (unpaired) electrons. The summed E-state index contributed by atoms with van der Waals surface area (Å²) in [6.45, 7) is 4.16. The summed E-state index contributed by atoms with van der Waals surface area (Å²) in [5, 5.41) is 8.39. The van der Waals surface area contributed by atoms with E-state index in [1.807, 2.05) is 36.4 Å². The summed E-state index contributed by atoms with van der Waals surface area (Å²) >= 11 is 0. The van der Waals surface area contributed by atoms with Crippen molar-refractivity contribution < 1.29 is 17.5 Å². The first kappa shape index (κ1) is 25.5. The molecule has 0 atom stereocenters. The van der Waals surface area contributed by atoms with Crippen LogP contribution in [0.5, 0.6) is 11.5 Å². The van der Waals surface area contributed by atoms with E-state index in [4.69, 9.17) is 4.74 Å². The number of rotatable bonds is 5. The molecule has 1 saturated heterocycles. The molecular weight excluding hydrogens is 519 g/mol. The van der Waals surface area contributed by atoms with E-state index in [9.17, 15) is 12.8 Å². The second kappa shape index (κ2) is 10.4. The summed E-state index contributed by atoms with van der Waals surface area (Å²) in [4.78, 5) is 4.64. The van der Waals surface area contributed by atoms with Gasteiger partial charge < -0.3 is 14.5 Å². The van der Waals surface area contributed by atoms with Crippen LogP contribution in [0.1, 0.15) is 16.8 Å². The molecule has 0 bridgehead atoms. The van der Waals surface area contributed by atoms with Crippen LogP contribution in [0.4, 0.5) is 10.1 Å². The molecule has 1 aromatic heterocycles. The molecule has 9 nitrogen and oxygen atoms in total. The molecule has 1 fully saturated rings. The number of sulfonamides is 1. The molecule has 0 N–H and O–H groups in total. The van der Waals surface area contributed by atoms with Crippen molar-refractivity contribution in [1.29, 1.82) is 0 Å². The third-order valence-corrected chi connectivity index (χ3v) is 8.97. The van der Waals surface area contributed by atoms with Crippen molar-refractivity contribution in [3.8, 4) is 11.5 Å². The standard InChI is InChI=1S/C28H29FN6O3S/c1-32-12-14-33(15-13-32)25-10-11-28-27(16-25)38-26-5-3-2-4-22(26)18-35(39(28,36)37)20-24-19-34(31-30-24)17-21-6-8-23(29)9-7-21/h2-11,16,19H,12-15,17-18,20H2,1H3. The van der Waals surface area contributed by atoms with Crippen LogP contribution in [0.25, 0.3) is 0 Å². The van der Waals surface area contributed by atoms with Crippen molar-refractivity contribution in [1.82, 2.24) is 24.2 Å². The highest BCUT2D eigenvalue weighted by atomic mass is 32.2. The maximum Gasteiger partial charge on any atom is 0.247 e. The van der Waals surface area contributed by atoms with Gasteiger partial charge in [-0.1, -0.05) is 35.5 Å². The monoisotopic (exact) mass is 548 g/mol. The van der Waals surface area contributed by atoms with Crippen molar-refractivity contribution in [3.63, 3.8) is 0 Å². The normalized spacial score (nSPS) is 17.5. The number of aromatic nitrogens is 3. The minimum Gasteiger partial charge on any atom is -0.456 e. The Morgan fingerprint density at radius 1 is 0.923 bits per heavy atom. The number of ether oxygens (including phenoxy) is 1. The molecular formula is C28H29FN6O3S. The van der Waals surface area contributed by atoms with Crippen LogP contribution in [0.2, 0.25) is 0 Å². The first-order chi connectivity index (χ1) is 18.8. The van der Waals surface area contributed by atoms with Gasteiger partial charge in [0, 0.05) is 50.0 Å². The molecule has 6 rings (SSSR count). The molecule has 3 heterocycles. The Kier molecular flexibility index (Phi) is 6.79. The molecule has 0 spiro atoms. The van der Waals surface area contributed by atoms with E-state index < -0.39 is 10.0 Å². The lowest BCUT2D eigenvalue weighted by Crippen LogP contribution is -2.44. The van der Waals surface area contributed by atoms with Gasteiger partial charge in [-0.3, -0.25) is 0 Å². The second-order valence-corrected chi connectivity index (χ2v) is 11.8. The van der Waals surface area contributed by atoms with E-state index in [0.717, 1.165) is 43.0 Å². The van der Waals surface area contributed by atoms with Crippen LogP contribution in [0, 0.1) is 5.82 Å².